The highest BCUT2D eigenvalue weighted by Crippen LogP contribution is 2.25. The quantitative estimate of drug-likeness (QED) is 0.712. The van der Waals surface area contributed by atoms with E-state index in [1.807, 2.05) is 31.2 Å². The van der Waals surface area contributed by atoms with Crippen LogP contribution in [0.15, 0.2) is 42.5 Å². The highest BCUT2D eigenvalue weighted by molar-refractivity contribution is 7.80. The first-order valence-corrected chi connectivity index (χ1v) is 8.82. The summed E-state index contributed by atoms with van der Waals surface area (Å²) in [5, 5.41) is 7.29. The maximum absolute atomic E-state index is 5.64. The Balaban J connectivity index is 2.10. The van der Waals surface area contributed by atoms with Crippen molar-refractivity contribution < 1.29 is 4.74 Å². The number of hydrogen-bond acceptors (Lipinski definition) is 2. The Kier molecular flexibility index (Phi) is 6.62. The first-order valence-electron chi connectivity index (χ1n) is 8.41. The number of nitrogens with one attached hydrogen (secondary N) is 2. The van der Waals surface area contributed by atoms with Gasteiger partial charge in [-0.25, -0.2) is 0 Å². The molecule has 0 fully saturated rings. The van der Waals surface area contributed by atoms with Gasteiger partial charge in [0.2, 0.25) is 0 Å². The molecule has 0 amide bonds. The zero-order valence-electron chi connectivity index (χ0n) is 14.8. The number of ether oxygens (including phenoxy) is 1. The molecule has 0 bridgehead atoms. The van der Waals surface area contributed by atoms with Gasteiger partial charge >= 0.3 is 0 Å². The van der Waals surface area contributed by atoms with E-state index in [0.29, 0.717) is 11.7 Å². The lowest BCUT2D eigenvalue weighted by atomic mass is 9.98. The van der Waals surface area contributed by atoms with E-state index >= 15 is 0 Å². The number of para-hydroxylation sites is 2. The van der Waals surface area contributed by atoms with E-state index in [1.165, 1.54) is 16.7 Å². The first-order chi connectivity index (χ1) is 11.5. The van der Waals surface area contributed by atoms with Crippen molar-refractivity contribution >= 4 is 23.0 Å². The number of aryl methyl sites for hydroxylation is 2. The van der Waals surface area contributed by atoms with Gasteiger partial charge < -0.3 is 15.4 Å². The van der Waals surface area contributed by atoms with Crippen molar-refractivity contribution in [3.05, 3.63) is 59.2 Å². The summed E-state index contributed by atoms with van der Waals surface area (Å²) in [5.41, 5.74) is 4.72. The number of rotatable bonds is 6. The molecule has 128 valence electrons. The Morgan fingerprint density at radius 2 is 1.88 bits per heavy atom. The van der Waals surface area contributed by atoms with E-state index in [2.05, 4.69) is 49.6 Å². The Hall–Kier alpha value is -2.07. The van der Waals surface area contributed by atoms with E-state index in [4.69, 9.17) is 17.0 Å². The Labute approximate surface area is 150 Å². The molecule has 2 rings (SSSR count). The minimum absolute atomic E-state index is 0.185. The van der Waals surface area contributed by atoms with Crippen LogP contribution in [0.3, 0.4) is 0 Å². The molecule has 0 spiro atoms. The molecule has 0 heterocycles. The van der Waals surface area contributed by atoms with E-state index in [-0.39, 0.29) is 6.04 Å². The van der Waals surface area contributed by atoms with E-state index in [0.717, 1.165) is 17.9 Å². The first kappa shape index (κ1) is 18.3. The second-order valence-electron chi connectivity index (χ2n) is 5.85. The van der Waals surface area contributed by atoms with Gasteiger partial charge in [0.1, 0.15) is 5.75 Å². The molecule has 0 aliphatic rings. The molecule has 3 nitrogen and oxygen atoms in total. The van der Waals surface area contributed by atoms with Gasteiger partial charge in [-0.2, -0.15) is 0 Å². The average Bonchev–Trinajstić information content (AvgIpc) is 2.55. The molecule has 0 radical (unpaired) electrons. The van der Waals surface area contributed by atoms with Crippen LogP contribution in [-0.4, -0.2) is 11.7 Å². The van der Waals surface area contributed by atoms with Gasteiger partial charge in [-0.1, -0.05) is 42.8 Å². The highest BCUT2D eigenvalue weighted by Gasteiger charge is 2.14. The molecular formula is C20H26N2OS. The van der Waals surface area contributed by atoms with Gasteiger partial charge in [-0.15, -0.1) is 0 Å². The molecule has 2 N–H and O–H groups in total. The number of thiocarbonyl (C=S) groups is 1. The molecule has 0 saturated heterocycles. The van der Waals surface area contributed by atoms with Gasteiger partial charge in [0, 0.05) is 0 Å². The summed E-state index contributed by atoms with van der Waals surface area (Å²) >= 11 is 5.51. The fraction of sp³-hybridized carbons (Fsp3) is 0.350. The second kappa shape index (κ2) is 8.69. The highest BCUT2D eigenvalue weighted by atomic mass is 32.1. The van der Waals surface area contributed by atoms with Crippen LogP contribution in [0.25, 0.3) is 0 Å². The predicted molar refractivity (Wildman–Crippen MR) is 106 cm³/mol. The normalized spacial score (nSPS) is 11.7. The van der Waals surface area contributed by atoms with Crippen LogP contribution in [0.4, 0.5) is 5.69 Å². The zero-order chi connectivity index (χ0) is 17.5. The third kappa shape index (κ3) is 4.71. The maximum atomic E-state index is 5.64. The number of hydrogen-bond donors (Lipinski definition) is 2. The van der Waals surface area contributed by atoms with Crippen molar-refractivity contribution in [1.82, 2.24) is 5.32 Å². The second-order valence-corrected chi connectivity index (χ2v) is 6.26. The smallest absolute Gasteiger partial charge is 0.171 e. The zero-order valence-corrected chi connectivity index (χ0v) is 15.7. The third-order valence-electron chi connectivity index (χ3n) is 3.95. The molecule has 2 aromatic carbocycles. The van der Waals surface area contributed by atoms with Crippen LogP contribution >= 0.6 is 12.2 Å². The summed E-state index contributed by atoms with van der Waals surface area (Å²) in [4.78, 5) is 0. The fourth-order valence-corrected chi connectivity index (χ4v) is 3.04. The van der Waals surface area contributed by atoms with Gasteiger partial charge in [0.15, 0.2) is 5.11 Å². The van der Waals surface area contributed by atoms with Crippen LogP contribution in [0.5, 0.6) is 5.75 Å². The molecule has 4 heteroatoms. The molecule has 24 heavy (non-hydrogen) atoms. The molecule has 0 aromatic heterocycles. The predicted octanol–water partition coefficient (Wildman–Crippen LogP) is 5.14. The molecule has 0 unspecified atom stereocenters. The van der Waals surface area contributed by atoms with E-state index in [1.54, 1.807) is 0 Å². The lowest BCUT2D eigenvalue weighted by molar-refractivity contribution is 0.342. The van der Waals surface area contributed by atoms with Crippen LogP contribution < -0.4 is 15.4 Å². The van der Waals surface area contributed by atoms with Gasteiger partial charge in [0.05, 0.1) is 18.3 Å². The average molecular weight is 343 g/mol. The van der Waals surface area contributed by atoms with Gasteiger partial charge in [0.25, 0.3) is 0 Å². The summed E-state index contributed by atoms with van der Waals surface area (Å²) in [6.07, 6.45) is 0.957. The lowest BCUT2D eigenvalue weighted by Crippen LogP contribution is -2.32. The van der Waals surface area contributed by atoms with Crippen LogP contribution in [0.2, 0.25) is 0 Å². The van der Waals surface area contributed by atoms with Gasteiger partial charge in [-0.05, 0) is 62.7 Å². The largest absolute Gasteiger partial charge is 0.492 e. The van der Waals surface area contributed by atoms with Crippen molar-refractivity contribution in [2.75, 3.05) is 11.9 Å². The Morgan fingerprint density at radius 3 is 2.54 bits per heavy atom. The molecule has 1 atom stereocenters. The minimum atomic E-state index is 0.185. The molecule has 2 aromatic rings. The SMILES string of the molecule is CCOc1ccccc1NC(=S)N[C@H](CC)c1ccc(C)cc1C. The fourth-order valence-electron chi connectivity index (χ4n) is 2.78. The van der Waals surface area contributed by atoms with Crippen molar-refractivity contribution in [3.63, 3.8) is 0 Å². The topological polar surface area (TPSA) is 33.3 Å². The summed E-state index contributed by atoms with van der Waals surface area (Å²) in [6, 6.07) is 14.6. The molecule has 0 saturated carbocycles. The summed E-state index contributed by atoms with van der Waals surface area (Å²) in [5.74, 6) is 0.809. The lowest BCUT2D eigenvalue weighted by Gasteiger charge is -2.22. The standard InChI is InChI=1S/C20H26N2OS/c1-5-17(16-12-11-14(3)13-15(16)4)21-20(24)22-18-9-7-8-10-19(18)23-6-2/h7-13,17H,5-6H2,1-4H3,(H2,21,22,24)/t17-/m1/s1. The van der Waals surface area contributed by atoms with Crippen LogP contribution in [-0.2, 0) is 0 Å². The molecule has 0 aliphatic carbocycles. The monoisotopic (exact) mass is 342 g/mol. The number of anilines is 1. The van der Waals surface area contributed by atoms with Crippen molar-refractivity contribution in [1.29, 1.82) is 0 Å². The van der Waals surface area contributed by atoms with Crippen molar-refractivity contribution in [2.24, 2.45) is 0 Å². The Morgan fingerprint density at radius 1 is 1.12 bits per heavy atom. The van der Waals surface area contributed by atoms with Crippen molar-refractivity contribution in [3.8, 4) is 5.75 Å². The van der Waals surface area contributed by atoms with E-state index < -0.39 is 0 Å². The van der Waals surface area contributed by atoms with Crippen molar-refractivity contribution in [2.45, 2.75) is 40.2 Å². The molecule has 0 aliphatic heterocycles. The maximum Gasteiger partial charge on any atom is 0.171 e. The Bertz CT molecular complexity index is 700. The third-order valence-corrected chi connectivity index (χ3v) is 4.17. The summed E-state index contributed by atoms with van der Waals surface area (Å²) in [7, 11) is 0. The minimum Gasteiger partial charge on any atom is -0.492 e. The molecular weight excluding hydrogens is 316 g/mol. The summed E-state index contributed by atoms with van der Waals surface area (Å²) < 4.78 is 5.64. The van der Waals surface area contributed by atoms with Crippen LogP contribution in [0.1, 0.15) is 43.0 Å². The van der Waals surface area contributed by atoms with Gasteiger partial charge in [-0.3, -0.25) is 0 Å². The number of benzene rings is 2. The summed E-state index contributed by atoms with van der Waals surface area (Å²) in [6.45, 7) is 9.02. The van der Waals surface area contributed by atoms with E-state index in [9.17, 15) is 0 Å². The van der Waals surface area contributed by atoms with Crippen LogP contribution in [0, 0.1) is 13.8 Å².